The van der Waals surface area contributed by atoms with Gasteiger partial charge in [-0.2, -0.15) is 0 Å². The molecular weight excluding hydrogens is 230 g/mol. The van der Waals surface area contributed by atoms with Gasteiger partial charge in [-0.25, -0.2) is 0 Å². The summed E-state index contributed by atoms with van der Waals surface area (Å²) in [7, 11) is 0. The lowest BCUT2D eigenvalue weighted by Gasteiger charge is -2.03. The van der Waals surface area contributed by atoms with E-state index in [1.54, 1.807) is 6.07 Å². The molecule has 0 aromatic heterocycles. The number of aryl methyl sites for hydroxylation is 1. The van der Waals surface area contributed by atoms with Gasteiger partial charge in [-0.1, -0.05) is 22.0 Å². The summed E-state index contributed by atoms with van der Waals surface area (Å²) in [6.07, 6.45) is 0. The van der Waals surface area contributed by atoms with E-state index in [2.05, 4.69) is 15.9 Å². The van der Waals surface area contributed by atoms with Crippen LogP contribution >= 0.6 is 15.9 Å². The number of halogens is 1. The molecule has 0 heterocycles. The Balaban J connectivity index is 2.93. The first-order valence-corrected chi connectivity index (χ1v) is 4.42. The lowest BCUT2D eigenvalue weighted by molar-refractivity contribution is 0.0956. The average Bonchev–Trinajstić information content (AvgIpc) is 2.19. The van der Waals surface area contributed by atoms with Crippen molar-refractivity contribution in [3.8, 4) is 0 Å². The Bertz CT molecular complexity index is 472. The predicted octanol–water partition coefficient (Wildman–Crippen LogP) is 2.51. The van der Waals surface area contributed by atoms with E-state index in [4.69, 9.17) is 6.85 Å². The molecule has 0 atom stereocenters. The maximum Gasteiger partial charge on any atom is 0.251 e. The van der Waals surface area contributed by atoms with Crippen LogP contribution in [0.4, 0.5) is 0 Å². The number of carbonyl (C=O) groups excluding carboxylic acids is 1. The highest BCUT2D eigenvalue weighted by Crippen LogP contribution is 2.17. The number of hydrogen-bond acceptors (Lipinski definition) is 1. The summed E-state index contributed by atoms with van der Waals surface area (Å²) in [5, 5.41) is 1.87. The Kier molecular flexibility index (Phi) is 1.75. The molecule has 1 aromatic carbocycles. The van der Waals surface area contributed by atoms with Gasteiger partial charge in [0.05, 0.1) is 0 Å². The third-order valence-electron chi connectivity index (χ3n) is 1.61. The van der Waals surface area contributed by atoms with Gasteiger partial charge in [0.25, 0.3) is 5.91 Å². The molecule has 0 aliphatic carbocycles. The summed E-state index contributed by atoms with van der Waals surface area (Å²) in [4.78, 5) is 11.7. The largest absolute Gasteiger partial charge is 0.352 e. The summed E-state index contributed by atoms with van der Waals surface area (Å²) in [5.74, 6) is -0.767. The maximum absolute atomic E-state index is 11.7. The van der Waals surface area contributed by atoms with Crippen molar-refractivity contribution < 1.29 is 11.6 Å². The number of nitrogens with one attached hydrogen (secondary N) is 1. The van der Waals surface area contributed by atoms with Crippen LogP contribution in [0.25, 0.3) is 0 Å². The molecule has 0 saturated carbocycles. The highest BCUT2D eigenvalue weighted by atomic mass is 79.9. The zero-order valence-electron chi connectivity index (χ0n) is 12.0. The Labute approximate surface area is 93.5 Å². The molecule has 1 amide bonds. The topological polar surface area (TPSA) is 29.1 Å². The van der Waals surface area contributed by atoms with Crippen molar-refractivity contribution in [3.63, 3.8) is 0 Å². The van der Waals surface area contributed by atoms with Gasteiger partial charge in [-0.3, -0.25) is 4.79 Å². The van der Waals surface area contributed by atoms with Gasteiger partial charge in [0.15, 0.2) is 0 Å². The molecule has 1 N–H and O–H groups in total. The quantitative estimate of drug-likeness (QED) is 0.854. The molecule has 0 radical (unpaired) electrons. The second kappa shape index (κ2) is 4.42. The molecule has 3 heteroatoms. The summed E-state index contributed by atoms with van der Waals surface area (Å²) >= 11 is 3.25. The molecule has 0 saturated heterocycles. The Morgan fingerprint density at radius 3 is 3.15 bits per heavy atom. The summed E-state index contributed by atoms with van der Waals surface area (Å²) < 4.78 is 36.3. The number of carbonyl (C=O) groups is 1. The van der Waals surface area contributed by atoms with Crippen molar-refractivity contribution in [2.24, 2.45) is 0 Å². The Morgan fingerprint density at radius 1 is 1.77 bits per heavy atom. The summed E-state index contributed by atoms with van der Waals surface area (Å²) in [5.41, 5.74) is 1.12. The second-order valence-electron chi connectivity index (χ2n) is 2.54. The number of amides is 1. The van der Waals surface area contributed by atoms with Crippen LogP contribution in [-0.4, -0.2) is 12.4 Å². The Morgan fingerprint density at radius 2 is 2.54 bits per heavy atom. The molecule has 1 rings (SSSR count). The van der Waals surface area contributed by atoms with Crippen molar-refractivity contribution in [1.82, 2.24) is 5.32 Å². The zero-order valence-corrected chi connectivity index (χ0v) is 8.60. The van der Waals surface area contributed by atoms with Crippen LogP contribution in [0.5, 0.6) is 0 Å². The van der Waals surface area contributed by atoms with E-state index < -0.39 is 19.3 Å². The molecular formula is C10H12BrNO. The molecule has 0 unspecified atom stereocenters. The monoisotopic (exact) mass is 246 g/mol. The fourth-order valence-corrected chi connectivity index (χ4v) is 1.24. The van der Waals surface area contributed by atoms with E-state index in [0.29, 0.717) is 4.47 Å². The number of benzene rings is 1. The van der Waals surface area contributed by atoms with Crippen molar-refractivity contribution in [1.29, 1.82) is 0 Å². The standard InChI is InChI=1S/C10H12BrNO/c1-3-12-10(13)8-5-4-7(2)9(11)6-8/h4-6H,3H2,1-2H3,(H,12,13)/i1D3,3D2. The van der Waals surface area contributed by atoms with Crippen LogP contribution < -0.4 is 5.32 Å². The lowest BCUT2D eigenvalue weighted by Crippen LogP contribution is -2.22. The summed E-state index contributed by atoms with van der Waals surface area (Å²) in [6.45, 7) is -3.83. The highest BCUT2D eigenvalue weighted by Gasteiger charge is 2.04. The smallest absolute Gasteiger partial charge is 0.251 e. The minimum absolute atomic E-state index is 0.195. The molecule has 0 bridgehead atoms. The molecule has 0 aliphatic rings. The van der Waals surface area contributed by atoms with Gasteiger partial charge in [0, 0.05) is 23.4 Å². The number of hydrogen-bond donors (Lipinski definition) is 1. The van der Waals surface area contributed by atoms with Crippen molar-refractivity contribution in [2.45, 2.75) is 13.8 Å². The second-order valence-corrected chi connectivity index (χ2v) is 3.40. The molecule has 0 aliphatic heterocycles. The van der Waals surface area contributed by atoms with E-state index >= 15 is 0 Å². The van der Waals surface area contributed by atoms with Gasteiger partial charge < -0.3 is 5.32 Å². The van der Waals surface area contributed by atoms with Gasteiger partial charge >= 0.3 is 0 Å². The van der Waals surface area contributed by atoms with Crippen molar-refractivity contribution in [2.75, 3.05) is 6.50 Å². The fraction of sp³-hybridized carbons (Fsp3) is 0.300. The van der Waals surface area contributed by atoms with Crippen LogP contribution in [0.2, 0.25) is 0 Å². The fourth-order valence-electron chi connectivity index (χ4n) is 0.863. The van der Waals surface area contributed by atoms with Crippen LogP contribution in [0.3, 0.4) is 0 Å². The molecule has 0 spiro atoms. The van der Waals surface area contributed by atoms with E-state index in [-0.39, 0.29) is 5.56 Å². The van der Waals surface area contributed by atoms with Crippen molar-refractivity contribution in [3.05, 3.63) is 33.8 Å². The normalized spacial score (nSPS) is 17.5. The van der Waals surface area contributed by atoms with Crippen LogP contribution in [0.1, 0.15) is 29.6 Å². The van der Waals surface area contributed by atoms with Crippen LogP contribution in [-0.2, 0) is 0 Å². The minimum atomic E-state index is -2.91. The van der Waals surface area contributed by atoms with E-state index in [1.165, 1.54) is 12.1 Å². The first-order chi connectivity index (χ1) is 8.04. The van der Waals surface area contributed by atoms with Gasteiger partial charge in [-0.15, -0.1) is 0 Å². The van der Waals surface area contributed by atoms with Gasteiger partial charge in [0.2, 0.25) is 0 Å². The molecule has 0 fully saturated rings. The van der Waals surface area contributed by atoms with Crippen molar-refractivity contribution >= 4 is 21.8 Å². The lowest BCUT2D eigenvalue weighted by atomic mass is 10.1. The third kappa shape index (κ3) is 2.56. The molecule has 1 aromatic rings. The SMILES string of the molecule is [2H]C([2H])([2H])C([2H])([2H])NC(=O)c1ccc(C)c(Br)c1. The summed E-state index contributed by atoms with van der Waals surface area (Å²) in [6, 6.07) is 4.70. The molecule has 13 heavy (non-hydrogen) atoms. The van der Waals surface area contributed by atoms with E-state index in [9.17, 15) is 4.79 Å². The van der Waals surface area contributed by atoms with Gasteiger partial charge in [-0.05, 0) is 31.5 Å². The first kappa shape index (κ1) is 5.15. The highest BCUT2D eigenvalue weighted by molar-refractivity contribution is 9.10. The predicted molar refractivity (Wildman–Crippen MR) is 56.9 cm³/mol. The third-order valence-corrected chi connectivity index (χ3v) is 2.46. The molecule has 70 valence electrons. The van der Waals surface area contributed by atoms with Crippen LogP contribution in [0, 0.1) is 6.92 Å². The van der Waals surface area contributed by atoms with E-state index in [0.717, 1.165) is 5.56 Å². The first-order valence-electron chi connectivity index (χ1n) is 6.13. The maximum atomic E-state index is 11.7. The molecule has 2 nitrogen and oxygen atoms in total. The van der Waals surface area contributed by atoms with Gasteiger partial charge in [0.1, 0.15) is 0 Å². The number of rotatable bonds is 2. The minimum Gasteiger partial charge on any atom is -0.352 e. The average molecular weight is 247 g/mol. The zero-order chi connectivity index (χ0) is 14.1. The van der Waals surface area contributed by atoms with E-state index in [1.807, 2.05) is 12.2 Å². The van der Waals surface area contributed by atoms with Crippen LogP contribution in [0.15, 0.2) is 22.7 Å². The Hall–Kier alpha value is -0.830.